The molecule has 2 saturated heterocycles. The molecule has 1 unspecified atom stereocenters. The minimum Gasteiger partial charge on any atom is -0.497 e. The third-order valence-corrected chi connectivity index (χ3v) is 5.91. The van der Waals surface area contributed by atoms with E-state index in [1.165, 1.54) is 18.5 Å². The first-order valence-corrected chi connectivity index (χ1v) is 10.8. The zero-order chi connectivity index (χ0) is 19.8. The number of methoxy groups -OCH3 is 1. The monoisotopic (exact) mass is 515 g/mol. The molecule has 7 heteroatoms. The number of piperazine rings is 1. The van der Waals surface area contributed by atoms with Crippen LogP contribution in [0, 0.1) is 5.92 Å². The van der Waals surface area contributed by atoms with Crippen molar-refractivity contribution in [3.05, 3.63) is 24.3 Å². The van der Waals surface area contributed by atoms with Crippen LogP contribution in [-0.4, -0.2) is 82.3 Å². The Morgan fingerprint density at radius 3 is 2.48 bits per heavy atom. The van der Waals surface area contributed by atoms with Crippen LogP contribution >= 0.6 is 24.0 Å². The van der Waals surface area contributed by atoms with Crippen LogP contribution in [0.2, 0.25) is 0 Å². The van der Waals surface area contributed by atoms with Crippen molar-refractivity contribution in [2.75, 3.05) is 71.4 Å². The number of nitrogens with zero attached hydrogens (tertiary/aromatic N) is 4. The van der Waals surface area contributed by atoms with Crippen molar-refractivity contribution in [2.45, 2.75) is 26.2 Å². The molecule has 0 aromatic heterocycles. The number of guanidine groups is 1. The SMILES string of the molecule is CN=C(NCCCN1CCN(c2ccc(OC)cc2)CC1)N1CCCC(C)C1.I. The molecule has 2 fully saturated rings. The summed E-state index contributed by atoms with van der Waals surface area (Å²) in [7, 11) is 3.62. The largest absolute Gasteiger partial charge is 0.497 e. The summed E-state index contributed by atoms with van der Waals surface area (Å²) < 4.78 is 5.25. The van der Waals surface area contributed by atoms with Crippen LogP contribution in [-0.2, 0) is 0 Å². The molecule has 29 heavy (non-hydrogen) atoms. The van der Waals surface area contributed by atoms with Gasteiger partial charge in [0, 0.05) is 58.5 Å². The Hall–Kier alpha value is -1.22. The van der Waals surface area contributed by atoms with Crippen molar-refractivity contribution in [2.24, 2.45) is 10.9 Å². The Morgan fingerprint density at radius 1 is 1.14 bits per heavy atom. The van der Waals surface area contributed by atoms with Crippen LogP contribution in [0.1, 0.15) is 26.2 Å². The Labute approximate surface area is 193 Å². The lowest BCUT2D eigenvalue weighted by molar-refractivity contribution is 0.251. The molecule has 3 rings (SSSR count). The van der Waals surface area contributed by atoms with Crippen LogP contribution in [0.5, 0.6) is 5.75 Å². The summed E-state index contributed by atoms with van der Waals surface area (Å²) in [5.74, 6) is 2.77. The van der Waals surface area contributed by atoms with E-state index in [0.717, 1.165) is 76.4 Å². The lowest BCUT2D eigenvalue weighted by atomic mass is 10.0. The number of ether oxygens (including phenoxy) is 1. The highest BCUT2D eigenvalue weighted by Gasteiger charge is 2.19. The van der Waals surface area contributed by atoms with Gasteiger partial charge in [-0.2, -0.15) is 0 Å². The van der Waals surface area contributed by atoms with Gasteiger partial charge in [-0.15, -0.1) is 24.0 Å². The van der Waals surface area contributed by atoms with Gasteiger partial charge in [-0.3, -0.25) is 9.89 Å². The molecule has 0 bridgehead atoms. The molecule has 0 amide bonds. The molecule has 0 saturated carbocycles. The van der Waals surface area contributed by atoms with Gasteiger partial charge in [0.25, 0.3) is 0 Å². The molecule has 1 aromatic carbocycles. The summed E-state index contributed by atoms with van der Waals surface area (Å²) in [6, 6.07) is 8.41. The van der Waals surface area contributed by atoms with E-state index >= 15 is 0 Å². The van der Waals surface area contributed by atoms with Crippen molar-refractivity contribution >= 4 is 35.6 Å². The normalized spacial score (nSPS) is 20.9. The minimum atomic E-state index is 0. The van der Waals surface area contributed by atoms with E-state index in [-0.39, 0.29) is 24.0 Å². The summed E-state index contributed by atoms with van der Waals surface area (Å²) in [6.07, 6.45) is 3.78. The molecule has 0 radical (unpaired) electrons. The van der Waals surface area contributed by atoms with Crippen molar-refractivity contribution < 1.29 is 4.74 Å². The van der Waals surface area contributed by atoms with Crippen LogP contribution in [0.3, 0.4) is 0 Å². The van der Waals surface area contributed by atoms with E-state index in [9.17, 15) is 0 Å². The first kappa shape index (κ1) is 24.1. The summed E-state index contributed by atoms with van der Waals surface area (Å²) in [4.78, 5) is 11.9. The minimum absolute atomic E-state index is 0. The molecule has 2 aliphatic rings. The van der Waals surface area contributed by atoms with Gasteiger partial charge in [-0.1, -0.05) is 6.92 Å². The molecular formula is C22H38IN5O. The Morgan fingerprint density at radius 2 is 1.86 bits per heavy atom. The average Bonchev–Trinajstić information content (AvgIpc) is 2.74. The molecule has 2 aliphatic heterocycles. The molecule has 0 aliphatic carbocycles. The fourth-order valence-electron chi connectivity index (χ4n) is 4.24. The predicted molar refractivity (Wildman–Crippen MR) is 133 cm³/mol. The van der Waals surface area contributed by atoms with Crippen molar-refractivity contribution in [3.63, 3.8) is 0 Å². The average molecular weight is 515 g/mol. The lowest BCUT2D eigenvalue weighted by Gasteiger charge is -2.36. The van der Waals surface area contributed by atoms with Gasteiger partial charge in [0.15, 0.2) is 5.96 Å². The molecule has 164 valence electrons. The van der Waals surface area contributed by atoms with Crippen molar-refractivity contribution in [1.29, 1.82) is 0 Å². The number of benzene rings is 1. The van der Waals surface area contributed by atoms with Gasteiger partial charge in [0.1, 0.15) is 5.75 Å². The second-order valence-corrected chi connectivity index (χ2v) is 8.05. The fourth-order valence-corrected chi connectivity index (χ4v) is 4.24. The fraction of sp³-hybridized carbons (Fsp3) is 0.682. The van der Waals surface area contributed by atoms with E-state index in [1.807, 2.05) is 19.2 Å². The topological polar surface area (TPSA) is 43.3 Å². The Balaban J connectivity index is 0.00000300. The van der Waals surface area contributed by atoms with E-state index in [0.29, 0.717) is 0 Å². The number of anilines is 1. The first-order chi connectivity index (χ1) is 13.7. The summed E-state index contributed by atoms with van der Waals surface area (Å²) in [5.41, 5.74) is 1.29. The van der Waals surface area contributed by atoms with Crippen LogP contribution in [0.15, 0.2) is 29.3 Å². The van der Waals surface area contributed by atoms with E-state index in [4.69, 9.17) is 4.74 Å². The first-order valence-electron chi connectivity index (χ1n) is 10.8. The number of nitrogens with one attached hydrogen (secondary N) is 1. The van der Waals surface area contributed by atoms with Gasteiger partial charge in [0.05, 0.1) is 7.11 Å². The number of hydrogen-bond donors (Lipinski definition) is 1. The van der Waals surface area contributed by atoms with Crippen LogP contribution in [0.4, 0.5) is 5.69 Å². The van der Waals surface area contributed by atoms with E-state index in [2.05, 4.69) is 44.1 Å². The second-order valence-electron chi connectivity index (χ2n) is 8.05. The summed E-state index contributed by atoms with van der Waals surface area (Å²) in [6.45, 7) is 11.2. The highest BCUT2D eigenvalue weighted by Crippen LogP contribution is 2.20. The summed E-state index contributed by atoms with van der Waals surface area (Å²) in [5, 5.41) is 3.57. The molecule has 0 spiro atoms. The molecular weight excluding hydrogens is 477 g/mol. The maximum Gasteiger partial charge on any atom is 0.193 e. The number of halogens is 1. The number of aliphatic imine (C=N–C) groups is 1. The zero-order valence-electron chi connectivity index (χ0n) is 18.3. The number of piperidine rings is 1. The second kappa shape index (κ2) is 12.5. The van der Waals surface area contributed by atoms with Gasteiger partial charge >= 0.3 is 0 Å². The van der Waals surface area contributed by atoms with Crippen molar-refractivity contribution in [1.82, 2.24) is 15.1 Å². The van der Waals surface area contributed by atoms with Crippen LogP contribution in [0.25, 0.3) is 0 Å². The Kier molecular flexibility index (Phi) is 10.3. The standard InChI is InChI=1S/C22H37N5O.HI/c1-19-6-4-13-27(18-19)22(23-2)24-11-5-12-25-14-16-26(17-15-25)20-7-9-21(28-3)10-8-20;/h7-10,19H,4-6,11-18H2,1-3H3,(H,23,24);1H. The maximum atomic E-state index is 5.25. The number of rotatable bonds is 6. The van der Waals surface area contributed by atoms with Gasteiger partial charge < -0.3 is 19.9 Å². The van der Waals surface area contributed by atoms with Gasteiger partial charge in [0.2, 0.25) is 0 Å². The smallest absolute Gasteiger partial charge is 0.193 e. The third-order valence-electron chi connectivity index (χ3n) is 5.91. The lowest BCUT2D eigenvalue weighted by Crippen LogP contribution is -2.48. The molecule has 1 atom stereocenters. The maximum absolute atomic E-state index is 5.25. The number of hydrogen-bond acceptors (Lipinski definition) is 4. The quantitative estimate of drug-likeness (QED) is 0.273. The zero-order valence-corrected chi connectivity index (χ0v) is 20.6. The van der Waals surface area contributed by atoms with E-state index in [1.54, 1.807) is 7.11 Å². The molecule has 1 aromatic rings. The van der Waals surface area contributed by atoms with Crippen LogP contribution < -0.4 is 15.0 Å². The Bertz CT molecular complexity index is 616. The van der Waals surface area contributed by atoms with Gasteiger partial charge in [-0.25, -0.2) is 0 Å². The molecule has 6 nitrogen and oxygen atoms in total. The predicted octanol–water partition coefficient (Wildman–Crippen LogP) is 3.13. The number of likely N-dealkylation sites (tertiary alicyclic amines) is 1. The highest BCUT2D eigenvalue weighted by atomic mass is 127. The van der Waals surface area contributed by atoms with E-state index < -0.39 is 0 Å². The van der Waals surface area contributed by atoms with Crippen molar-refractivity contribution in [3.8, 4) is 5.75 Å². The highest BCUT2D eigenvalue weighted by molar-refractivity contribution is 14.0. The summed E-state index contributed by atoms with van der Waals surface area (Å²) >= 11 is 0. The molecule has 2 heterocycles. The van der Waals surface area contributed by atoms with Gasteiger partial charge in [-0.05, 0) is 56.0 Å². The molecule has 1 N–H and O–H groups in total. The third kappa shape index (κ3) is 7.20.